The molecular weight excluding hydrogens is 372 g/mol. The van der Waals surface area contributed by atoms with Gasteiger partial charge in [-0.15, -0.1) is 0 Å². The lowest BCUT2D eigenvalue weighted by Gasteiger charge is -2.22. The van der Waals surface area contributed by atoms with Crippen molar-refractivity contribution in [3.8, 4) is 0 Å². The average molecular weight is 400 g/mol. The van der Waals surface area contributed by atoms with Gasteiger partial charge in [-0.1, -0.05) is 19.7 Å². The van der Waals surface area contributed by atoms with Crippen LogP contribution in [0.3, 0.4) is 0 Å². The van der Waals surface area contributed by atoms with Gasteiger partial charge in [0.05, 0.1) is 32.5 Å². The first-order valence-corrected chi connectivity index (χ1v) is 8.61. The number of ether oxygens (including phenoxy) is 6. The van der Waals surface area contributed by atoms with Crippen molar-refractivity contribution in [3.05, 3.63) is 38.0 Å². The van der Waals surface area contributed by atoms with Crippen LogP contribution in [-0.4, -0.2) is 76.4 Å². The van der Waals surface area contributed by atoms with Gasteiger partial charge in [-0.2, -0.15) is 0 Å². The fraction of sp³-hybridized carbons (Fsp3) is 0.526. The summed E-state index contributed by atoms with van der Waals surface area (Å²) in [4.78, 5) is 33.0. The quantitative estimate of drug-likeness (QED) is 0.153. The van der Waals surface area contributed by atoms with Crippen molar-refractivity contribution in [2.75, 3.05) is 46.2 Å². The summed E-state index contributed by atoms with van der Waals surface area (Å²) in [5.41, 5.74) is 0. The van der Waals surface area contributed by atoms with Crippen LogP contribution in [0.4, 0.5) is 0 Å². The number of hydrogen-bond donors (Lipinski definition) is 0. The molecule has 0 heterocycles. The summed E-state index contributed by atoms with van der Waals surface area (Å²) in [5.74, 6) is -1.62. The molecule has 1 unspecified atom stereocenters. The van der Waals surface area contributed by atoms with E-state index in [1.165, 1.54) is 0 Å². The Hall–Kier alpha value is -2.49. The molecule has 1 atom stereocenters. The minimum atomic E-state index is -0.549. The molecule has 0 N–H and O–H groups in total. The summed E-state index contributed by atoms with van der Waals surface area (Å²) in [6, 6.07) is 0. The van der Waals surface area contributed by atoms with Gasteiger partial charge < -0.3 is 28.4 Å². The molecule has 0 aliphatic rings. The summed E-state index contributed by atoms with van der Waals surface area (Å²) < 4.78 is 31.1. The maximum absolute atomic E-state index is 11.1. The lowest BCUT2D eigenvalue weighted by atomic mass is 10.3. The van der Waals surface area contributed by atoms with Gasteiger partial charge in [-0.05, 0) is 6.92 Å². The van der Waals surface area contributed by atoms with Crippen LogP contribution in [0.1, 0.15) is 6.92 Å². The lowest BCUT2D eigenvalue weighted by Crippen LogP contribution is -2.33. The van der Waals surface area contributed by atoms with Crippen molar-refractivity contribution < 1.29 is 42.8 Å². The van der Waals surface area contributed by atoms with Gasteiger partial charge in [0.1, 0.15) is 25.9 Å². The first-order chi connectivity index (χ1) is 13.4. The highest BCUT2D eigenvalue weighted by Gasteiger charge is 2.16. The highest BCUT2D eigenvalue weighted by Crippen LogP contribution is 2.03. The van der Waals surface area contributed by atoms with Crippen LogP contribution >= 0.6 is 0 Å². The van der Waals surface area contributed by atoms with E-state index in [1.807, 2.05) is 0 Å². The van der Waals surface area contributed by atoms with Crippen molar-refractivity contribution in [1.82, 2.24) is 0 Å². The van der Waals surface area contributed by atoms with Crippen molar-refractivity contribution in [2.24, 2.45) is 0 Å². The summed E-state index contributed by atoms with van der Waals surface area (Å²) in [5, 5.41) is 0. The van der Waals surface area contributed by atoms with E-state index in [9.17, 15) is 14.4 Å². The summed E-state index contributed by atoms with van der Waals surface area (Å²) in [7, 11) is 0. The predicted molar refractivity (Wildman–Crippen MR) is 99.4 cm³/mol. The van der Waals surface area contributed by atoms with E-state index < -0.39 is 30.1 Å². The van der Waals surface area contributed by atoms with E-state index in [0.29, 0.717) is 0 Å². The van der Waals surface area contributed by atoms with Crippen LogP contribution in [0, 0.1) is 0 Å². The van der Waals surface area contributed by atoms with Gasteiger partial charge >= 0.3 is 17.9 Å². The Morgan fingerprint density at radius 1 is 0.714 bits per heavy atom. The monoisotopic (exact) mass is 400 g/mol. The number of carbonyl (C=O) groups is 3. The topological polar surface area (TPSA) is 107 Å². The highest BCUT2D eigenvalue weighted by molar-refractivity contribution is 5.81. The normalized spacial score (nSPS) is 11.4. The summed E-state index contributed by atoms with van der Waals surface area (Å²) in [6.45, 7) is 12.4. The molecule has 0 saturated heterocycles. The van der Waals surface area contributed by atoms with Crippen LogP contribution in [0.5, 0.6) is 0 Å². The number of rotatable bonds is 17. The van der Waals surface area contributed by atoms with Crippen LogP contribution in [0.15, 0.2) is 38.0 Å². The molecule has 0 aromatic heterocycles. The zero-order valence-corrected chi connectivity index (χ0v) is 16.1. The molecule has 28 heavy (non-hydrogen) atoms. The second-order valence-electron chi connectivity index (χ2n) is 5.30. The Labute approximate surface area is 164 Å². The Kier molecular flexibility index (Phi) is 15.2. The molecular formula is C19H28O9. The molecule has 9 nitrogen and oxygen atoms in total. The van der Waals surface area contributed by atoms with E-state index in [0.717, 1.165) is 18.2 Å². The molecule has 0 amide bonds. The van der Waals surface area contributed by atoms with E-state index >= 15 is 0 Å². The predicted octanol–water partition coefficient (Wildman–Crippen LogP) is 0.981. The second kappa shape index (κ2) is 16.7. The van der Waals surface area contributed by atoms with Gasteiger partial charge in [0.25, 0.3) is 0 Å². The van der Waals surface area contributed by atoms with Gasteiger partial charge in [-0.3, -0.25) is 0 Å². The molecule has 0 fully saturated rings. The maximum atomic E-state index is 11.1. The first kappa shape index (κ1) is 25.5. The Balaban J connectivity index is 4.27. The molecule has 0 aliphatic heterocycles. The maximum Gasteiger partial charge on any atom is 0.330 e. The first-order valence-electron chi connectivity index (χ1n) is 8.61. The SMILES string of the molecule is C=CC(=O)OCCOCC(COCCOC(=O)C=C)OC(C)COC(=O)C=C. The molecule has 0 aliphatic carbocycles. The Morgan fingerprint density at radius 3 is 1.57 bits per heavy atom. The van der Waals surface area contributed by atoms with E-state index in [1.54, 1.807) is 6.92 Å². The van der Waals surface area contributed by atoms with Crippen LogP contribution in [0.25, 0.3) is 0 Å². The number of esters is 3. The fourth-order valence-electron chi connectivity index (χ4n) is 1.70. The third kappa shape index (κ3) is 14.7. The van der Waals surface area contributed by atoms with Crippen molar-refractivity contribution in [2.45, 2.75) is 19.1 Å². The fourth-order valence-corrected chi connectivity index (χ4v) is 1.70. The molecule has 0 rings (SSSR count). The van der Waals surface area contributed by atoms with Crippen LogP contribution in [0.2, 0.25) is 0 Å². The summed E-state index contributed by atoms with van der Waals surface area (Å²) in [6.07, 6.45) is 2.28. The van der Waals surface area contributed by atoms with Crippen molar-refractivity contribution >= 4 is 17.9 Å². The average Bonchev–Trinajstić information content (AvgIpc) is 2.70. The van der Waals surface area contributed by atoms with Gasteiger partial charge in [0, 0.05) is 18.2 Å². The molecule has 0 spiro atoms. The third-order valence-corrected chi connectivity index (χ3v) is 2.94. The lowest BCUT2D eigenvalue weighted by molar-refractivity contribution is -0.149. The zero-order valence-electron chi connectivity index (χ0n) is 16.1. The van der Waals surface area contributed by atoms with Crippen molar-refractivity contribution in [1.29, 1.82) is 0 Å². The van der Waals surface area contributed by atoms with Gasteiger partial charge in [0.2, 0.25) is 0 Å². The van der Waals surface area contributed by atoms with E-state index in [-0.39, 0.29) is 46.2 Å². The van der Waals surface area contributed by atoms with E-state index in [2.05, 4.69) is 19.7 Å². The Morgan fingerprint density at radius 2 is 1.14 bits per heavy atom. The molecule has 158 valence electrons. The zero-order chi connectivity index (χ0) is 21.2. The Bertz CT molecular complexity index is 486. The molecule has 0 aromatic rings. The minimum absolute atomic E-state index is 0.0370. The summed E-state index contributed by atoms with van der Waals surface area (Å²) >= 11 is 0. The van der Waals surface area contributed by atoms with Gasteiger partial charge in [0.15, 0.2) is 0 Å². The molecule has 0 aromatic carbocycles. The highest BCUT2D eigenvalue weighted by atomic mass is 16.6. The van der Waals surface area contributed by atoms with E-state index in [4.69, 9.17) is 28.4 Å². The molecule has 0 radical (unpaired) electrons. The molecule has 9 heteroatoms. The number of carbonyl (C=O) groups excluding carboxylic acids is 3. The largest absolute Gasteiger partial charge is 0.460 e. The van der Waals surface area contributed by atoms with Crippen LogP contribution < -0.4 is 0 Å². The standard InChI is InChI=1S/C19H28O9/c1-5-17(20)25-10-8-23-13-16(14-24-9-11-26-18(21)6-2)28-15(4)12-27-19(22)7-3/h5-7,15-16H,1-3,8-14H2,4H3. The molecule has 0 saturated carbocycles. The molecule has 0 bridgehead atoms. The van der Waals surface area contributed by atoms with Crippen LogP contribution in [-0.2, 0) is 42.8 Å². The minimum Gasteiger partial charge on any atom is -0.460 e. The third-order valence-electron chi connectivity index (χ3n) is 2.94. The van der Waals surface area contributed by atoms with Gasteiger partial charge in [-0.25, -0.2) is 14.4 Å². The van der Waals surface area contributed by atoms with Crippen molar-refractivity contribution in [3.63, 3.8) is 0 Å². The smallest absolute Gasteiger partial charge is 0.330 e. The number of hydrogen-bond acceptors (Lipinski definition) is 9. The second-order valence-corrected chi connectivity index (χ2v) is 5.30.